The van der Waals surface area contributed by atoms with Crippen molar-refractivity contribution in [1.29, 1.82) is 0 Å². The van der Waals surface area contributed by atoms with Crippen LogP contribution in [0.5, 0.6) is 0 Å². The van der Waals surface area contributed by atoms with Crippen LogP contribution >= 0.6 is 11.6 Å². The van der Waals surface area contributed by atoms with Crippen LogP contribution in [0, 0.1) is 15.9 Å². The highest BCUT2D eigenvalue weighted by Gasteiger charge is 2.20. The monoisotopic (exact) mass is 365 g/mol. The molecule has 1 amide bonds. The van der Waals surface area contributed by atoms with Gasteiger partial charge in [0.15, 0.2) is 0 Å². The third-order valence-electron chi connectivity index (χ3n) is 3.68. The molecule has 0 radical (unpaired) electrons. The van der Waals surface area contributed by atoms with Gasteiger partial charge in [-0.1, -0.05) is 29.8 Å². The summed E-state index contributed by atoms with van der Waals surface area (Å²) in [5.74, 6) is -1.36. The van der Waals surface area contributed by atoms with Crippen molar-refractivity contribution < 1.29 is 14.1 Å². The number of nitrogens with one attached hydrogen (secondary N) is 2. The van der Waals surface area contributed by atoms with Gasteiger partial charge in [-0.15, -0.1) is 0 Å². The van der Waals surface area contributed by atoms with Crippen molar-refractivity contribution in [2.24, 2.45) is 0 Å². The van der Waals surface area contributed by atoms with Crippen LogP contribution in [-0.4, -0.2) is 16.9 Å². The molecule has 0 aliphatic carbocycles. The third kappa shape index (κ3) is 4.74. The number of anilines is 1. The number of amides is 1. The maximum Gasteiger partial charge on any atom is 0.306 e. The Morgan fingerprint density at radius 1 is 1.24 bits per heavy atom. The zero-order valence-corrected chi connectivity index (χ0v) is 14.4. The standard InChI is InChI=1S/C17H17ClFN3O3/c1-10(13-5-3-4-6-14(13)18)20-11(2)17(23)21-12-7-8-15(19)16(9-12)22(24)25/h3-11,20H,1-2H3,(H,21,23)/t10-,11+/m1/s1. The number of carbonyl (C=O) groups is 1. The molecule has 0 saturated heterocycles. The highest BCUT2D eigenvalue weighted by atomic mass is 35.5. The summed E-state index contributed by atoms with van der Waals surface area (Å²) in [6.07, 6.45) is 0. The van der Waals surface area contributed by atoms with E-state index in [-0.39, 0.29) is 11.7 Å². The molecule has 25 heavy (non-hydrogen) atoms. The Morgan fingerprint density at radius 2 is 1.92 bits per heavy atom. The number of hydrogen-bond donors (Lipinski definition) is 2. The molecular formula is C17H17ClFN3O3. The van der Waals surface area contributed by atoms with Gasteiger partial charge in [0.25, 0.3) is 0 Å². The molecule has 2 atom stereocenters. The molecule has 0 aliphatic heterocycles. The van der Waals surface area contributed by atoms with E-state index >= 15 is 0 Å². The van der Waals surface area contributed by atoms with Crippen molar-refractivity contribution >= 4 is 28.9 Å². The minimum atomic E-state index is -0.957. The predicted molar refractivity (Wildman–Crippen MR) is 94.1 cm³/mol. The lowest BCUT2D eigenvalue weighted by Gasteiger charge is -2.20. The van der Waals surface area contributed by atoms with Gasteiger partial charge in [-0.05, 0) is 37.6 Å². The lowest BCUT2D eigenvalue weighted by Crippen LogP contribution is -2.39. The highest BCUT2D eigenvalue weighted by molar-refractivity contribution is 6.31. The van der Waals surface area contributed by atoms with Crippen molar-refractivity contribution in [3.8, 4) is 0 Å². The van der Waals surface area contributed by atoms with Gasteiger partial charge >= 0.3 is 5.69 Å². The van der Waals surface area contributed by atoms with Gasteiger partial charge in [0.05, 0.1) is 11.0 Å². The second-order valence-electron chi connectivity index (χ2n) is 5.54. The first-order chi connectivity index (χ1) is 11.8. The molecule has 2 rings (SSSR count). The molecule has 2 aromatic rings. The molecular weight excluding hydrogens is 349 g/mol. The topological polar surface area (TPSA) is 84.3 Å². The lowest BCUT2D eigenvalue weighted by atomic mass is 10.1. The van der Waals surface area contributed by atoms with Crippen LogP contribution in [-0.2, 0) is 4.79 Å². The predicted octanol–water partition coefficient (Wildman–Crippen LogP) is 4.07. The number of carbonyl (C=O) groups excluding carboxylic acids is 1. The van der Waals surface area contributed by atoms with Crippen LogP contribution in [0.1, 0.15) is 25.5 Å². The number of hydrogen-bond acceptors (Lipinski definition) is 4. The maximum atomic E-state index is 13.3. The Morgan fingerprint density at radius 3 is 2.56 bits per heavy atom. The van der Waals surface area contributed by atoms with Gasteiger partial charge in [-0.2, -0.15) is 4.39 Å². The van der Waals surface area contributed by atoms with Crippen LogP contribution in [0.4, 0.5) is 15.8 Å². The van der Waals surface area contributed by atoms with E-state index in [0.29, 0.717) is 5.02 Å². The van der Waals surface area contributed by atoms with Crippen molar-refractivity contribution in [2.45, 2.75) is 25.9 Å². The minimum absolute atomic E-state index is 0.150. The third-order valence-corrected chi connectivity index (χ3v) is 4.02. The average Bonchev–Trinajstić information content (AvgIpc) is 2.56. The summed E-state index contributed by atoms with van der Waals surface area (Å²) in [6, 6.07) is 9.69. The van der Waals surface area contributed by atoms with E-state index in [4.69, 9.17) is 11.6 Å². The van der Waals surface area contributed by atoms with E-state index in [1.54, 1.807) is 13.0 Å². The van der Waals surface area contributed by atoms with Crippen LogP contribution in [0.25, 0.3) is 0 Å². The van der Waals surface area contributed by atoms with E-state index < -0.39 is 28.4 Å². The summed E-state index contributed by atoms with van der Waals surface area (Å²) in [7, 11) is 0. The van der Waals surface area contributed by atoms with Crippen molar-refractivity contribution in [2.75, 3.05) is 5.32 Å². The summed E-state index contributed by atoms with van der Waals surface area (Å²) < 4.78 is 13.3. The van der Waals surface area contributed by atoms with Crippen LogP contribution in [0.3, 0.4) is 0 Å². The quantitative estimate of drug-likeness (QED) is 0.597. The molecule has 8 heteroatoms. The lowest BCUT2D eigenvalue weighted by molar-refractivity contribution is -0.387. The fourth-order valence-corrected chi connectivity index (χ4v) is 2.65. The highest BCUT2D eigenvalue weighted by Crippen LogP contribution is 2.23. The Balaban J connectivity index is 2.04. The van der Waals surface area contributed by atoms with Gasteiger partial charge in [0.2, 0.25) is 11.7 Å². The average molecular weight is 366 g/mol. The van der Waals surface area contributed by atoms with Crippen molar-refractivity contribution in [3.05, 3.63) is 69.0 Å². The number of halogens is 2. The Hall–Kier alpha value is -2.51. The van der Waals surface area contributed by atoms with Gasteiger partial charge < -0.3 is 5.32 Å². The second kappa shape index (κ2) is 8.04. The van der Waals surface area contributed by atoms with Gasteiger partial charge in [0.1, 0.15) is 0 Å². The van der Waals surface area contributed by atoms with Crippen LogP contribution in [0.15, 0.2) is 42.5 Å². The van der Waals surface area contributed by atoms with E-state index in [1.807, 2.05) is 25.1 Å². The van der Waals surface area contributed by atoms with Crippen LogP contribution < -0.4 is 10.6 Å². The number of benzene rings is 2. The Labute approximate surface area is 149 Å². The van der Waals surface area contributed by atoms with Gasteiger partial charge in [-0.25, -0.2) is 0 Å². The van der Waals surface area contributed by atoms with Gasteiger partial charge in [0, 0.05) is 22.8 Å². The molecule has 0 heterocycles. The number of rotatable bonds is 6. The molecule has 2 aromatic carbocycles. The fraction of sp³-hybridized carbons (Fsp3) is 0.235. The summed E-state index contributed by atoms with van der Waals surface area (Å²) >= 11 is 6.13. The summed E-state index contributed by atoms with van der Waals surface area (Å²) in [5, 5.41) is 17.0. The van der Waals surface area contributed by atoms with E-state index in [1.165, 1.54) is 6.07 Å². The maximum absolute atomic E-state index is 13.3. The molecule has 0 saturated carbocycles. The SMILES string of the molecule is C[C@H](N[C@H](C)c1ccccc1Cl)C(=O)Nc1ccc(F)c([N+](=O)[O-])c1. The fourth-order valence-electron chi connectivity index (χ4n) is 2.35. The number of nitrogens with zero attached hydrogens (tertiary/aromatic N) is 1. The molecule has 0 fully saturated rings. The number of nitro groups is 1. The molecule has 6 nitrogen and oxygen atoms in total. The first-order valence-electron chi connectivity index (χ1n) is 7.55. The summed E-state index contributed by atoms with van der Waals surface area (Å²) in [5.41, 5.74) is 0.307. The largest absolute Gasteiger partial charge is 0.324 e. The normalized spacial score (nSPS) is 13.1. The molecule has 0 unspecified atom stereocenters. The van der Waals surface area contributed by atoms with Crippen LogP contribution in [0.2, 0.25) is 5.02 Å². The molecule has 0 spiro atoms. The minimum Gasteiger partial charge on any atom is -0.324 e. The molecule has 0 aliphatic rings. The number of nitro benzene ring substituents is 1. The molecule has 0 aromatic heterocycles. The van der Waals surface area contributed by atoms with E-state index in [9.17, 15) is 19.3 Å². The summed E-state index contributed by atoms with van der Waals surface area (Å²) in [4.78, 5) is 22.2. The van der Waals surface area contributed by atoms with Crippen molar-refractivity contribution in [1.82, 2.24) is 5.32 Å². The first-order valence-corrected chi connectivity index (χ1v) is 7.92. The molecule has 2 N–H and O–H groups in total. The Bertz CT molecular complexity index is 800. The smallest absolute Gasteiger partial charge is 0.306 e. The molecule has 132 valence electrons. The summed E-state index contributed by atoms with van der Waals surface area (Å²) in [6.45, 7) is 3.52. The van der Waals surface area contributed by atoms with E-state index in [0.717, 1.165) is 17.7 Å². The molecule has 0 bridgehead atoms. The second-order valence-corrected chi connectivity index (χ2v) is 5.95. The zero-order valence-electron chi connectivity index (χ0n) is 13.6. The van der Waals surface area contributed by atoms with Crippen molar-refractivity contribution in [3.63, 3.8) is 0 Å². The zero-order chi connectivity index (χ0) is 18.6. The van der Waals surface area contributed by atoms with E-state index in [2.05, 4.69) is 10.6 Å². The first kappa shape index (κ1) is 18.8. The Kier molecular flexibility index (Phi) is 6.06. The van der Waals surface area contributed by atoms with Gasteiger partial charge in [-0.3, -0.25) is 20.2 Å².